The molecule has 0 unspecified atom stereocenters. The normalized spacial score (nSPS) is 9.71. The lowest BCUT2D eigenvalue weighted by Gasteiger charge is -1.96. The first kappa shape index (κ1) is 11.8. The molecule has 2 rings (SSSR count). The van der Waals surface area contributed by atoms with E-state index in [1.807, 2.05) is 26.2 Å². The number of hydrogen-bond acceptors (Lipinski definition) is 2. The summed E-state index contributed by atoms with van der Waals surface area (Å²) >= 11 is 2.25. The Labute approximate surface area is 101 Å². The zero-order valence-corrected chi connectivity index (χ0v) is 11.5. The summed E-state index contributed by atoms with van der Waals surface area (Å²) in [5, 5.41) is 1.21. The van der Waals surface area contributed by atoms with Gasteiger partial charge in [-0.3, -0.25) is 3.97 Å². The molecule has 14 heavy (non-hydrogen) atoms. The molecule has 0 saturated heterocycles. The van der Waals surface area contributed by atoms with Crippen LogP contribution in [0.2, 0.25) is 0 Å². The van der Waals surface area contributed by atoms with Crippen molar-refractivity contribution in [3.05, 3.63) is 30.1 Å². The highest BCUT2D eigenvalue weighted by Crippen LogP contribution is 2.23. The Morgan fingerprint density at radius 3 is 2.79 bits per heavy atom. The largest absolute Gasteiger partial charge is 0.266 e. The molecule has 0 fully saturated rings. The second-order valence-electron chi connectivity index (χ2n) is 2.64. The predicted octanol–water partition coefficient (Wildman–Crippen LogP) is 4.22. The van der Waals surface area contributed by atoms with Crippen molar-refractivity contribution < 1.29 is 0 Å². The Balaban J connectivity index is 0.000000461. The molecule has 0 N–H and O–H groups in total. The van der Waals surface area contributed by atoms with Crippen molar-refractivity contribution >= 4 is 41.4 Å². The molecule has 0 bridgehead atoms. The van der Waals surface area contributed by atoms with E-state index in [9.17, 15) is 0 Å². The quantitative estimate of drug-likeness (QED) is 0.732. The van der Waals surface area contributed by atoms with Gasteiger partial charge in [-0.1, -0.05) is 13.8 Å². The topological polar surface area (TPSA) is 17.8 Å². The summed E-state index contributed by atoms with van der Waals surface area (Å²) < 4.78 is 2.05. The van der Waals surface area contributed by atoms with Crippen LogP contribution in [0.3, 0.4) is 0 Å². The fourth-order valence-electron chi connectivity index (χ4n) is 1.17. The first-order valence-corrected chi connectivity index (χ1v) is 7.85. The van der Waals surface area contributed by atoms with E-state index in [-0.39, 0.29) is 0 Å². The Hall–Kier alpha value is -0.230. The number of hydrogen-bond donors (Lipinski definition) is 0. The maximum absolute atomic E-state index is 4.35. The van der Waals surface area contributed by atoms with Crippen LogP contribution >= 0.6 is 30.3 Å². The van der Waals surface area contributed by atoms with Gasteiger partial charge < -0.3 is 0 Å². The molecule has 0 amide bonds. The number of nitrogens with zero attached hydrogens (tertiary/aromatic N) is 2. The van der Waals surface area contributed by atoms with E-state index < -0.39 is 0 Å². The minimum Gasteiger partial charge on any atom is -0.266 e. The van der Waals surface area contributed by atoms with Crippen LogP contribution in [0.25, 0.3) is 11.0 Å². The molecule has 0 aromatic carbocycles. The number of halogens is 1. The summed E-state index contributed by atoms with van der Waals surface area (Å²) in [6, 6.07) is 4.23. The van der Waals surface area contributed by atoms with Crippen molar-refractivity contribution in [1.82, 2.24) is 8.96 Å². The molecule has 2 aromatic heterocycles. The van der Waals surface area contributed by atoms with Crippen LogP contribution in [-0.2, 0) is 0 Å². The van der Waals surface area contributed by atoms with Crippen LogP contribution < -0.4 is 0 Å². The summed E-state index contributed by atoms with van der Waals surface area (Å²) in [5.74, 6) is 0. The lowest BCUT2D eigenvalue weighted by atomic mass is 10.2. The third-order valence-corrected chi connectivity index (χ3v) is 3.42. The van der Waals surface area contributed by atoms with E-state index in [1.165, 1.54) is 10.9 Å². The van der Waals surface area contributed by atoms with Gasteiger partial charge >= 0.3 is 0 Å². The molecule has 0 spiro atoms. The minimum atomic E-state index is 1.04. The molecule has 2 heterocycles. The van der Waals surface area contributed by atoms with Crippen molar-refractivity contribution in [2.75, 3.05) is 0 Å². The maximum atomic E-state index is 4.35. The van der Waals surface area contributed by atoms with Gasteiger partial charge in [-0.25, -0.2) is 4.98 Å². The third-order valence-electron chi connectivity index (χ3n) is 1.70. The molecule has 2 nitrogen and oxygen atoms in total. The van der Waals surface area contributed by atoms with Crippen molar-refractivity contribution in [2.24, 2.45) is 0 Å². The highest BCUT2D eigenvalue weighted by atomic mass is 127. The van der Waals surface area contributed by atoms with Gasteiger partial charge in [0.15, 0.2) is 5.65 Å². The fourth-order valence-corrected chi connectivity index (χ4v) is 2.44. The molecule has 4 heteroatoms. The van der Waals surface area contributed by atoms with Crippen molar-refractivity contribution in [1.29, 1.82) is 0 Å². The van der Waals surface area contributed by atoms with Gasteiger partial charge in [0.2, 0.25) is 0 Å². The Bertz CT molecular complexity index is 411. The fraction of sp³-hybridized carbons (Fsp3) is 0.300. The summed E-state index contributed by atoms with van der Waals surface area (Å²) in [4.78, 5) is 4.35. The van der Waals surface area contributed by atoms with Crippen molar-refractivity contribution in [2.45, 2.75) is 20.8 Å². The zero-order chi connectivity index (χ0) is 10.6. The van der Waals surface area contributed by atoms with Gasteiger partial charge in [0, 0.05) is 48.1 Å². The van der Waals surface area contributed by atoms with E-state index in [4.69, 9.17) is 0 Å². The molecule has 2 aromatic rings. The summed E-state index contributed by atoms with van der Waals surface area (Å²) in [6.07, 6.45) is 3.93. The van der Waals surface area contributed by atoms with E-state index in [1.54, 1.807) is 9.12 Å². The smallest absolute Gasteiger partial charge is 0.150 e. The molecule has 0 aliphatic rings. The lowest BCUT2D eigenvalue weighted by molar-refractivity contribution is 1.25. The number of pyridine rings is 1. The monoisotopic (exact) mass is 320 g/mol. The third kappa shape index (κ3) is 2.42. The highest BCUT2D eigenvalue weighted by Gasteiger charge is 2.00. The number of aryl methyl sites for hydroxylation is 1. The average molecular weight is 320 g/mol. The number of aromatic nitrogens is 2. The van der Waals surface area contributed by atoms with Gasteiger partial charge in [-0.15, -0.1) is 0 Å². The number of rotatable bonds is 1. The predicted molar refractivity (Wildman–Crippen MR) is 72.8 cm³/mol. The van der Waals surface area contributed by atoms with E-state index >= 15 is 0 Å². The van der Waals surface area contributed by atoms with E-state index in [0.717, 1.165) is 5.65 Å². The van der Waals surface area contributed by atoms with Crippen LogP contribution in [0.1, 0.15) is 19.4 Å². The molecular weight excluding hydrogens is 307 g/mol. The maximum Gasteiger partial charge on any atom is 0.150 e. The number of fused-ring (bicyclic) bond motifs is 1. The van der Waals surface area contributed by atoms with Crippen molar-refractivity contribution in [3.8, 4) is 0 Å². The molecule has 0 saturated carbocycles. The Morgan fingerprint density at radius 2 is 2.14 bits per heavy atom. The van der Waals surface area contributed by atoms with Gasteiger partial charge in [0.25, 0.3) is 0 Å². The van der Waals surface area contributed by atoms with Gasteiger partial charge in [0.1, 0.15) is 0 Å². The first-order valence-electron chi connectivity index (χ1n) is 4.54. The van der Waals surface area contributed by atoms with E-state index in [2.05, 4.69) is 49.2 Å². The van der Waals surface area contributed by atoms with Crippen molar-refractivity contribution in [3.63, 3.8) is 0 Å². The van der Waals surface area contributed by atoms with Crippen LogP contribution in [0.4, 0.5) is 0 Å². The zero-order valence-electron chi connectivity index (χ0n) is 8.49. The van der Waals surface area contributed by atoms with Crippen LogP contribution in [-0.4, -0.2) is 8.96 Å². The highest BCUT2D eigenvalue weighted by molar-refractivity contribution is 14.2. The minimum absolute atomic E-state index is 1.04. The molecule has 76 valence electrons. The van der Waals surface area contributed by atoms with E-state index in [0.29, 0.717) is 0 Å². The summed E-state index contributed by atoms with van der Waals surface area (Å²) in [6.45, 7) is 6.06. The van der Waals surface area contributed by atoms with Crippen LogP contribution in [0, 0.1) is 6.92 Å². The molecule has 0 aliphatic carbocycles. The molecular formula is C10H13IN2S. The first-order chi connectivity index (χ1) is 6.81. The second-order valence-corrected chi connectivity index (χ2v) is 4.35. The van der Waals surface area contributed by atoms with Crippen LogP contribution in [0.5, 0.6) is 0 Å². The molecule has 0 atom stereocenters. The summed E-state index contributed by atoms with van der Waals surface area (Å²) in [5.41, 5.74) is 2.25. The Morgan fingerprint density at radius 1 is 1.43 bits per heavy atom. The second kappa shape index (κ2) is 5.60. The molecule has 0 aliphatic heterocycles. The van der Waals surface area contributed by atoms with Gasteiger partial charge in [-0.05, 0) is 24.6 Å². The molecule has 0 radical (unpaired) electrons. The standard InChI is InChI=1S/C8H7IN2S.C2H6/c1-6-4-7-2-3-11(12-9)8(7)10-5-6;1-2/h2-5H,1H3;1-2H3. The van der Waals surface area contributed by atoms with Gasteiger partial charge in [-0.2, -0.15) is 0 Å². The Kier molecular flexibility index (Phi) is 4.74. The average Bonchev–Trinajstić information content (AvgIpc) is 2.62. The van der Waals surface area contributed by atoms with Gasteiger partial charge in [0.05, 0.1) is 0 Å². The summed E-state index contributed by atoms with van der Waals surface area (Å²) in [7, 11) is 1.63. The van der Waals surface area contributed by atoms with Crippen LogP contribution in [0.15, 0.2) is 24.5 Å². The lowest BCUT2D eigenvalue weighted by Crippen LogP contribution is -1.83. The SMILES string of the molecule is CC.Cc1cnc2c(ccn2SI)c1.